The maximum atomic E-state index is 14.1. The predicted molar refractivity (Wildman–Crippen MR) is 95.5 cm³/mol. The van der Waals surface area contributed by atoms with E-state index in [4.69, 9.17) is 0 Å². The van der Waals surface area contributed by atoms with E-state index in [0.29, 0.717) is 5.39 Å². The average molecular weight is 364 g/mol. The molecule has 1 saturated heterocycles. The smallest absolute Gasteiger partial charge is 0.287 e. The average Bonchev–Trinajstić information content (AvgIpc) is 2.78. The molecule has 2 aromatic carbocycles. The lowest BCUT2D eigenvalue weighted by atomic mass is 9.91. The second-order valence-corrected chi connectivity index (χ2v) is 7.82. The monoisotopic (exact) mass is 364 g/mol. The first kappa shape index (κ1) is 18.7. The van der Waals surface area contributed by atoms with Crippen LogP contribution in [0.25, 0.3) is 10.8 Å². The van der Waals surface area contributed by atoms with Crippen molar-refractivity contribution in [1.82, 2.24) is 10.4 Å². The van der Waals surface area contributed by atoms with Crippen molar-refractivity contribution in [1.29, 1.82) is 0 Å². The Morgan fingerprint density at radius 3 is 2.38 bits per heavy atom. The molecule has 2 aromatic rings. The van der Waals surface area contributed by atoms with Gasteiger partial charge in [0.1, 0.15) is 0 Å². The van der Waals surface area contributed by atoms with Gasteiger partial charge in [-0.05, 0) is 41.7 Å². The molecule has 0 aromatic heterocycles. The summed E-state index contributed by atoms with van der Waals surface area (Å²) in [4.78, 5) is 11.8. The van der Waals surface area contributed by atoms with Gasteiger partial charge >= 0.3 is 6.18 Å². The van der Waals surface area contributed by atoms with Crippen LogP contribution in [0.15, 0.2) is 36.4 Å². The number of nitrogens with zero attached hydrogens (tertiary/aromatic N) is 1. The number of hydrogen-bond donors (Lipinski definition) is 1. The van der Waals surface area contributed by atoms with Crippen molar-refractivity contribution in [2.24, 2.45) is 0 Å². The molecule has 1 heterocycles. The molecule has 26 heavy (non-hydrogen) atoms. The molecule has 0 spiro atoms. The van der Waals surface area contributed by atoms with Crippen LogP contribution < -0.4 is 5.43 Å². The number of carbonyl (C=O) groups excluding carboxylic acids is 1. The van der Waals surface area contributed by atoms with E-state index in [9.17, 15) is 18.0 Å². The first-order valence-corrected chi connectivity index (χ1v) is 8.69. The zero-order chi connectivity index (χ0) is 19.3. The quantitative estimate of drug-likeness (QED) is 0.823. The highest BCUT2D eigenvalue weighted by Crippen LogP contribution is 2.44. The normalized spacial score (nSPS) is 19.2. The number of amides is 1. The number of rotatable bonds is 3. The van der Waals surface area contributed by atoms with Gasteiger partial charge in [0, 0.05) is 12.0 Å². The highest BCUT2D eigenvalue weighted by molar-refractivity contribution is 5.87. The summed E-state index contributed by atoms with van der Waals surface area (Å²) < 4.78 is 42.4. The van der Waals surface area contributed by atoms with Gasteiger partial charge in [0.05, 0.1) is 0 Å². The fourth-order valence-electron chi connectivity index (χ4n) is 3.59. The fourth-order valence-corrected chi connectivity index (χ4v) is 3.59. The molecule has 0 radical (unpaired) electrons. The molecule has 6 heteroatoms. The minimum atomic E-state index is -4.53. The number of halogens is 3. The summed E-state index contributed by atoms with van der Waals surface area (Å²) in [6.07, 6.45) is -4.50. The summed E-state index contributed by atoms with van der Waals surface area (Å²) >= 11 is 0. The lowest BCUT2D eigenvalue weighted by Crippen LogP contribution is -2.51. The highest BCUT2D eigenvalue weighted by atomic mass is 19.4. The van der Waals surface area contributed by atoms with Crippen LogP contribution >= 0.6 is 0 Å². The minimum absolute atomic E-state index is 0.0294. The first-order chi connectivity index (χ1) is 12.0. The largest absolute Gasteiger partial charge is 0.409 e. The van der Waals surface area contributed by atoms with Crippen LogP contribution in [0, 0.1) is 0 Å². The number of carbonyl (C=O) groups is 1. The van der Waals surface area contributed by atoms with E-state index in [1.807, 2.05) is 38.1 Å². The molecule has 1 aliphatic heterocycles. The van der Waals surface area contributed by atoms with Crippen LogP contribution in [0.1, 0.15) is 57.2 Å². The van der Waals surface area contributed by atoms with E-state index in [2.05, 4.69) is 5.43 Å². The molecule has 1 atom stereocenters. The summed E-state index contributed by atoms with van der Waals surface area (Å²) in [6, 6.07) is 8.68. The van der Waals surface area contributed by atoms with E-state index < -0.39 is 23.7 Å². The van der Waals surface area contributed by atoms with Crippen molar-refractivity contribution in [3.63, 3.8) is 0 Å². The predicted octanol–water partition coefficient (Wildman–Crippen LogP) is 5.08. The molecule has 3 nitrogen and oxygen atoms in total. The third kappa shape index (κ3) is 3.30. The van der Waals surface area contributed by atoms with Crippen molar-refractivity contribution in [3.8, 4) is 0 Å². The van der Waals surface area contributed by atoms with Gasteiger partial charge in [-0.15, -0.1) is 0 Å². The summed E-state index contributed by atoms with van der Waals surface area (Å²) in [5.74, 6) is -0.188. The molecule has 3 rings (SSSR count). The van der Waals surface area contributed by atoms with Crippen molar-refractivity contribution in [2.75, 3.05) is 0 Å². The highest BCUT2D eigenvalue weighted by Gasteiger charge is 2.53. The SMILES string of the molecule is CC(C)c1ccc2cccc(C(N3NC(=O)CC3(C)C)C(F)(F)F)c2c1. The van der Waals surface area contributed by atoms with Crippen molar-refractivity contribution in [3.05, 3.63) is 47.5 Å². The van der Waals surface area contributed by atoms with E-state index in [1.165, 1.54) is 6.07 Å². The molecular formula is C20H23F3N2O. The Kier molecular flexibility index (Phi) is 4.51. The summed E-state index contributed by atoms with van der Waals surface area (Å²) in [5.41, 5.74) is 2.63. The van der Waals surface area contributed by atoms with Gasteiger partial charge < -0.3 is 0 Å². The van der Waals surface area contributed by atoms with Crippen molar-refractivity contribution >= 4 is 16.7 Å². The Morgan fingerprint density at radius 1 is 1.15 bits per heavy atom. The van der Waals surface area contributed by atoms with Gasteiger partial charge in [0.15, 0.2) is 6.04 Å². The van der Waals surface area contributed by atoms with E-state index >= 15 is 0 Å². The minimum Gasteiger partial charge on any atom is -0.287 e. The maximum Gasteiger partial charge on any atom is 0.409 e. The number of hydrogen-bond acceptors (Lipinski definition) is 2. The molecule has 1 amide bonds. The van der Waals surface area contributed by atoms with Crippen LogP contribution in [0.2, 0.25) is 0 Å². The molecule has 1 N–H and O–H groups in total. The number of benzene rings is 2. The Hall–Kier alpha value is -2.08. The van der Waals surface area contributed by atoms with Gasteiger partial charge in [-0.2, -0.15) is 18.2 Å². The molecular weight excluding hydrogens is 341 g/mol. The third-order valence-electron chi connectivity index (χ3n) is 4.96. The second-order valence-electron chi connectivity index (χ2n) is 7.82. The molecule has 140 valence electrons. The zero-order valence-electron chi connectivity index (χ0n) is 15.3. The Morgan fingerprint density at radius 2 is 1.85 bits per heavy atom. The Labute approximate surface area is 151 Å². The lowest BCUT2D eigenvalue weighted by molar-refractivity contribution is -0.203. The van der Waals surface area contributed by atoms with Gasteiger partial charge in [0.2, 0.25) is 5.91 Å². The molecule has 0 aliphatic carbocycles. The first-order valence-electron chi connectivity index (χ1n) is 8.69. The van der Waals surface area contributed by atoms with Crippen LogP contribution in [0.5, 0.6) is 0 Å². The zero-order valence-corrected chi connectivity index (χ0v) is 15.3. The van der Waals surface area contributed by atoms with Crippen molar-refractivity contribution < 1.29 is 18.0 Å². The topological polar surface area (TPSA) is 32.3 Å². The molecule has 0 saturated carbocycles. The van der Waals surface area contributed by atoms with Crippen LogP contribution in [0.3, 0.4) is 0 Å². The number of nitrogens with one attached hydrogen (secondary N) is 1. The van der Waals surface area contributed by atoms with Crippen LogP contribution in [-0.4, -0.2) is 22.6 Å². The van der Waals surface area contributed by atoms with Crippen LogP contribution in [-0.2, 0) is 4.79 Å². The molecule has 1 aliphatic rings. The van der Waals surface area contributed by atoms with Gasteiger partial charge in [0.25, 0.3) is 0 Å². The van der Waals surface area contributed by atoms with Gasteiger partial charge in [-0.25, -0.2) is 0 Å². The maximum absolute atomic E-state index is 14.1. The summed E-state index contributed by atoms with van der Waals surface area (Å²) in [7, 11) is 0. The van der Waals surface area contributed by atoms with E-state index in [-0.39, 0.29) is 17.9 Å². The molecule has 0 bridgehead atoms. The van der Waals surface area contributed by atoms with E-state index in [1.54, 1.807) is 19.9 Å². The third-order valence-corrected chi connectivity index (χ3v) is 4.96. The number of hydrazine groups is 1. The Balaban J connectivity index is 2.22. The second kappa shape index (κ2) is 6.27. The molecule has 1 fully saturated rings. The summed E-state index contributed by atoms with van der Waals surface area (Å²) in [5, 5.41) is 2.38. The number of fused-ring (bicyclic) bond motifs is 1. The van der Waals surface area contributed by atoms with E-state index in [0.717, 1.165) is 16.0 Å². The van der Waals surface area contributed by atoms with Crippen LogP contribution in [0.4, 0.5) is 13.2 Å². The Bertz CT molecular complexity index is 843. The van der Waals surface area contributed by atoms with Gasteiger partial charge in [-0.1, -0.05) is 50.2 Å². The van der Waals surface area contributed by atoms with Crippen molar-refractivity contribution in [2.45, 2.75) is 57.8 Å². The standard InChI is InChI=1S/C20H23F3N2O/c1-12(2)14-9-8-13-6-5-7-15(16(13)10-14)18(20(21,22)23)25-19(3,4)11-17(26)24-25/h5-10,12,18H,11H2,1-4H3,(H,24,26). The summed E-state index contributed by atoms with van der Waals surface area (Å²) in [6.45, 7) is 7.31. The number of alkyl halides is 3. The lowest BCUT2D eigenvalue weighted by Gasteiger charge is -2.38. The fraction of sp³-hybridized carbons (Fsp3) is 0.450. The molecule has 1 unspecified atom stereocenters. The van der Waals surface area contributed by atoms with Gasteiger partial charge in [-0.3, -0.25) is 10.2 Å².